The molecule has 1 aromatic carbocycles. The summed E-state index contributed by atoms with van der Waals surface area (Å²) in [6.45, 7) is 1.56. The van der Waals surface area contributed by atoms with Gasteiger partial charge >= 0.3 is 0 Å². The van der Waals surface area contributed by atoms with Gasteiger partial charge in [-0.1, -0.05) is 12.1 Å². The summed E-state index contributed by atoms with van der Waals surface area (Å²) in [6, 6.07) is 11.0. The van der Waals surface area contributed by atoms with Crippen LogP contribution in [0.5, 0.6) is 0 Å². The Balaban J connectivity index is 2.34. The van der Waals surface area contributed by atoms with E-state index in [9.17, 15) is 15.3 Å². The number of anilines is 1. The highest BCUT2D eigenvalue weighted by Crippen LogP contribution is 2.21. The zero-order chi connectivity index (χ0) is 17.5. The van der Waals surface area contributed by atoms with Crippen molar-refractivity contribution in [3.8, 4) is 12.1 Å². The largest absolute Gasteiger partial charge is 0.394 e. The van der Waals surface area contributed by atoms with Crippen molar-refractivity contribution < 1.29 is 9.90 Å². The molecular formula is C17H15N5O2. The van der Waals surface area contributed by atoms with Crippen LogP contribution in [0.4, 0.5) is 5.69 Å². The molecule has 2 aromatic rings. The van der Waals surface area contributed by atoms with Crippen LogP contribution in [0.15, 0.2) is 30.5 Å². The number of aliphatic hydroxyl groups excluding tert-OH is 1. The van der Waals surface area contributed by atoms with E-state index in [1.807, 2.05) is 12.1 Å². The highest BCUT2D eigenvalue weighted by Gasteiger charge is 2.13. The number of carbonyl (C=O) groups excluding carboxylic acids is 1. The van der Waals surface area contributed by atoms with Crippen molar-refractivity contribution in [2.24, 2.45) is 0 Å². The summed E-state index contributed by atoms with van der Waals surface area (Å²) in [5.41, 5.74) is 2.19. The summed E-state index contributed by atoms with van der Waals surface area (Å²) < 4.78 is 1.43. The van der Waals surface area contributed by atoms with Gasteiger partial charge in [0.05, 0.1) is 24.3 Å². The highest BCUT2D eigenvalue weighted by atomic mass is 16.3. The fourth-order valence-electron chi connectivity index (χ4n) is 2.11. The van der Waals surface area contributed by atoms with Crippen LogP contribution in [0.2, 0.25) is 0 Å². The van der Waals surface area contributed by atoms with Gasteiger partial charge in [0, 0.05) is 18.8 Å². The standard InChI is InChI=1S/C17H15N5O2/c1-12(24)20-16-4-2-13(3-5-16)8-14(9-18)17-15(10-19)11-22(21-17)6-7-23/h2-5,8,11,23H,6-7H2,1H3,(H,20,24)/b14-8+. The van der Waals surface area contributed by atoms with E-state index in [0.717, 1.165) is 5.56 Å². The number of amides is 1. The Morgan fingerprint density at radius 3 is 2.62 bits per heavy atom. The van der Waals surface area contributed by atoms with Gasteiger partial charge < -0.3 is 10.4 Å². The second-order valence-electron chi connectivity index (χ2n) is 4.96. The highest BCUT2D eigenvalue weighted by molar-refractivity contribution is 5.91. The predicted molar refractivity (Wildman–Crippen MR) is 88.3 cm³/mol. The van der Waals surface area contributed by atoms with E-state index in [4.69, 9.17) is 5.11 Å². The maximum atomic E-state index is 11.0. The summed E-state index contributed by atoms with van der Waals surface area (Å²) >= 11 is 0. The van der Waals surface area contributed by atoms with Crippen molar-refractivity contribution >= 4 is 23.2 Å². The quantitative estimate of drug-likeness (QED) is 0.814. The number of rotatable bonds is 5. The molecular weight excluding hydrogens is 306 g/mol. The summed E-state index contributed by atoms with van der Waals surface area (Å²) in [5, 5.41) is 34.4. The molecule has 0 atom stereocenters. The minimum atomic E-state index is -0.163. The number of hydrogen-bond donors (Lipinski definition) is 2. The Labute approximate surface area is 139 Å². The van der Waals surface area contributed by atoms with E-state index in [2.05, 4.69) is 10.4 Å². The summed E-state index contributed by atoms with van der Waals surface area (Å²) in [4.78, 5) is 11.0. The van der Waals surface area contributed by atoms with Crippen LogP contribution >= 0.6 is 0 Å². The van der Waals surface area contributed by atoms with Gasteiger partial charge in [-0.3, -0.25) is 9.48 Å². The lowest BCUT2D eigenvalue weighted by molar-refractivity contribution is -0.114. The molecule has 0 aliphatic carbocycles. The first kappa shape index (κ1) is 16.9. The van der Waals surface area contributed by atoms with Crippen molar-refractivity contribution in [2.75, 3.05) is 11.9 Å². The number of nitrogens with one attached hydrogen (secondary N) is 1. The fourth-order valence-corrected chi connectivity index (χ4v) is 2.11. The number of nitrogens with zero attached hydrogens (tertiary/aromatic N) is 4. The maximum Gasteiger partial charge on any atom is 0.221 e. The Morgan fingerprint density at radius 1 is 1.38 bits per heavy atom. The van der Waals surface area contributed by atoms with E-state index in [1.165, 1.54) is 17.8 Å². The molecule has 0 bridgehead atoms. The van der Waals surface area contributed by atoms with Crippen molar-refractivity contribution in [1.29, 1.82) is 10.5 Å². The van der Waals surface area contributed by atoms with Crippen LogP contribution in [0.1, 0.15) is 23.7 Å². The summed E-state index contributed by atoms with van der Waals surface area (Å²) in [6.07, 6.45) is 3.11. The van der Waals surface area contributed by atoms with Crippen molar-refractivity contribution in [1.82, 2.24) is 9.78 Å². The molecule has 0 fully saturated rings. The number of carbonyl (C=O) groups is 1. The van der Waals surface area contributed by atoms with E-state index in [-0.39, 0.29) is 35.9 Å². The first-order valence-electron chi connectivity index (χ1n) is 7.15. The molecule has 7 heteroatoms. The van der Waals surface area contributed by atoms with Crippen molar-refractivity contribution in [2.45, 2.75) is 13.5 Å². The molecule has 24 heavy (non-hydrogen) atoms. The van der Waals surface area contributed by atoms with Crippen LogP contribution in [0.25, 0.3) is 11.6 Å². The van der Waals surface area contributed by atoms with Crippen molar-refractivity contribution in [3.05, 3.63) is 47.3 Å². The number of aromatic nitrogens is 2. The molecule has 1 heterocycles. The second-order valence-corrected chi connectivity index (χ2v) is 4.96. The minimum Gasteiger partial charge on any atom is -0.394 e. The molecule has 0 radical (unpaired) electrons. The Morgan fingerprint density at radius 2 is 2.08 bits per heavy atom. The van der Waals surface area contributed by atoms with E-state index < -0.39 is 0 Å². The monoisotopic (exact) mass is 321 g/mol. The molecule has 2 rings (SSSR count). The van der Waals surface area contributed by atoms with E-state index in [1.54, 1.807) is 30.3 Å². The van der Waals surface area contributed by atoms with Gasteiger partial charge in [0.1, 0.15) is 17.8 Å². The Hall–Kier alpha value is -3.42. The Bertz CT molecular complexity index is 851. The van der Waals surface area contributed by atoms with Gasteiger partial charge in [0.2, 0.25) is 5.91 Å². The lowest BCUT2D eigenvalue weighted by Crippen LogP contribution is -2.05. The van der Waals surface area contributed by atoms with Gasteiger partial charge in [0.15, 0.2) is 0 Å². The van der Waals surface area contributed by atoms with E-state index >= 15 is 0 Å². The molecule has 0 aliphatic heterocycles. The van der Waals surface area contributed by atoms with Crippen molar-refractivity contribution in [3.63, 3.8) is 0 Å². The summed E-state index contributed by atoms with van der Waals surface area (Å²) in [7, 11) is 0. The Kier molecular flexibility index (Phi) is 5.45. The van der Waals surface area contributed by atoms with Crippen LogP contribution in [0.3, 0.4) is 0 Å². The first-order valence-corrected chi connectivity index (χ1v) is 7.15. The zero-order valence-corrected chi connectivity index (χ0v) is 13.0. The molecule has 0 spiro atoms. The fraction of sp³-hybridized carbons (Fsp3) is 0.176. The molecule has 0 saturated heterocycles. The molecule has 1 aromatic heterocycles. The van der Waals surface area contributed by atoms with Gasteiger partial charge in [0.25, 0.3) is 0 Å². The smallest absolute Gasteiger partial charge is 0.221 e. The van der Waals surface area contributed by atoms with Crippen LogP contribution in [-0.4, -0.2) is 27.4 Å². The van der Waals surface area contributed by atoms with Crippen LogP contribution < -0.4 is 5.32 Å². The topological polar surface area (TPSA) is 115 Å². The molecule has 0 aliphatic rings. The van der Waals surface area contributed by atoms with Crippen LogP contribution in [-0.2, 0) is 11.3 Å². The average molecular weight is 321 g/mol. The first-order chi connectivity index (χ1) is 11.6. The number of nitriles is 2. The number of hydrogen-bond acceptors (Lipinski definition) is 5. The van der Waals surface area contributed by atoms with Gasteiger partial charge in [-0.05, 0) is 23.8 Å². The van der Waals surface area contributed by atoms with Crippen LogP contribution in [0, 0.1) is 22.7 Å². The van der Waals surface area contributed by atoms with Gasteiger partial charge in [-0.2, -0.15) is 15.6 Å². The molecule has 120 valence electrons. The molecule has 1 amide bonds. The third kappa shape index (κ3) is 4.07. The summed E-state index contributed by atoms with van der Waals surface area (Å²) in [5.74, 6) is -0.163. The normalized spacial score (nSPS) is 10.8. The SMILES string of the molecule is CC(=O)Nc1ccc(/C=C(\C#N)c2nn(CCO)cc2C#N)cc1. The number of allylic oxidation sites excluding steroid dienone is 1. The predicted octanol–water partition coefficient (Wildman–Crippen LogP) is 1.77. The van der Waals surface area contributed by atoms with E-state index in [0.29, 0.717) is 5.69 Å². The zero-order valence-electron chi connectivity index (χ0n) is 13.0. The second kappa shape index (κ2) is 7.73. The molecule has 0 saturated carbocycles. The lowest BCUT2D eigenvalue weighted by Gasteiger charge is -2.02. The maximum absolute atomic E-state index is 11.0. The average Bonchev–Trinajstić information content (AvgIpc) is 2.97. The minimum absolute atomic E-state index is 0.109. The number of benzene rings is 1. The number of aliphatic hydroxyl groups is 1. The third-order valence-electron chi connectivity index (χ3n) is 3.13. The molecule has 7 nitrogen and oxygen atoms in total. The molecule has 2 N–H and O–H groups in total. The third-order valence-corrected chi connectivity index (χ3v) is 3.13. The lowest BCUT2D eigenvalue weighted by atomic mass is 10.1. The molecule has 0 unspecified atom stereocenters. The van der Waals surface area contributed by atoms with Gasteiger partial charge in [-0.25, -0.2) is 0 Å². The van der Waals surface area contributed by atoms with Gasteiger partial charge in [-0.15, -0.1) is 0 Å².